The number of hydrogen-bond donors (Lipinski definition) is 8. The molecule has 0 radical (unpaired) electrons. The number of hydrogen-bond acceptors (Lipinski definition) is 9. The number of aliphatic hydroxyl groups is 1. The lowest BCUT2D eigenvalue weighted by molar-refractivity contribution is -0.142. The van der Waals surface area contributed by atoms with Gasteiger partial charge in [0.2, 0.25) is 23.6 Å². The highest BCUT2D eigenvalue weighted by molar-refractivity contribution is 7.98. The average molecular weight is 507 g/mol. The van der Waals surface area contributed by atoms with Crippen LogP contribution in [0.1, 0.15) is 45.4 Å². The van der Waals surface area contributed by atoms with E-state index in [2.05, 4.69) is 16.0 Å². The number of nitrogens with two attached hydrogens (primary N) is 3. The first-order valence-corrected chi connectivity index (χ1v) is 12.4. The maximum absolute atomic E-state index is 12.9. The Kier molecular flexibility index (Phi) is 15.9. The Balaban J connectivity index is 5.47. The van der Waals surface area contributed by atoms with Crippen LogP contribution in [-0.2, 0) is 24.0 Å². The molecule has 0 aliphatic carbocycles. The standard InChI is InChI=1S/C20H38N6O7S/c1-11(27)16(23)19(31)25-12(6-7-15(22)28)17(29)24-13(8-10-34-2)18(30)26-14(20(32)33)5-3-4-9-21/h11-14,16,27H,3-10,21,23H2,1-2H3,(H2,22,28)(H,24,29)(H,25,31)(H,26,30)(H,32,33). The number of carbonyl (C=O) groups is 5. The first kappa shape index (κ1) is 31.6. The van der Waals surface area contributed by atoms with Gasteiger partial charge < -0.3 is 43.4 Å². The van der Waals surface area contributed by atoms with Gasteiger partial charge in [-0.25, -0.2) is 4.79 Å². The van der Waals surface area contributed by atoms with Crippen molar-refractivity contribution in [2.45, 2.75) is 75.7 Å². The van der Waals surface area contributed by atoms with Crippen LogP contribution in [0.3, 0.4) is 0 Å². The Hall–Kier alpha value is -2.42. The van der Waals surface area contributed by atoms with Crippen LogP contribution in [0.25, 0.3) is 0 Å². The Bertz CT molecular complexity index is 694. The fraction of sp³-hybridized carbons (Fsp3) is 0.750. The highest BCUT2D eigenvalue weighted by Crippen LogP contribution is 2.07. The summed E-state index contributed by atoms with van der Waals surface area (Å²) in [6, 6.07) is -4.81. The molecule has 0 bridgehead atoms. The van der Waals surface area contributed by atoms with Crippen LogP contribution in [0.2, 0.25) is 0 Å². The van der Waals surface area contributed by atoms with Gasteiger partial charge in [0.1, 0.15) is 24.2 Å². The third-order valence-electron chi connectivity index (χ3n) is 4.94. The lowest BCUT2D eigenvalue weighted by atomic mass is 10.1. The summed E-state index contributed by atoms with van der Waals surface area (Å²) >= 11 is 1.42. The van der Waals surface area contributed by atoms with Crippen LogP contribution in [0.5, 0.6) is 0 Å². The summed E-state index contributed by atoms with van der Waals surface area (Å²) in [4.78, 5) is 60.7. The van der Waals surface area contributed by atoms with Crippen LogP contribution in [-0.4, -0.2) is 88.6 Å². The van der Waals surface area contributed by atoms with E-state index in [1.165, 1.54) is 18.7 Å². The molecule has 196 valence electrons. The van der Waals surface area contributed by atoms with Crippen molar-refractivity contribution in [3.63, 3.8) is 0 Å². The van der Waals surface area contributed by atoms with Crippen molar-refractivity contribution in [1.29, 1.82) is 0 Å². The first-order chi connectivity index (χ1) is 15.9. The highest BCUT2D eigenvalue weighted by Gasteiger charge is 2.30. The number of carbonyl (C=O) groups excluding carboxylic acids is 4. The summed E-state index contributed by atoms with van der Waals surface area (Å²) < 4.78 is 0. The zero-order valence-electron chi connectivity index (χ0n) is 19.6. The summed E-state index contributed by atoms with van der Waals surface area (Å²) in [6.45, 7) is 1.70. The smallest absolute Gasteiger partial charge is 0.326 e. The summed E-state index contributed by atoms with van der Waals surface area (Å²) in [7, 11) is 0. The van der Waals surface area contributed by atoms with Crippen molar-refractivity contribution >= 4 is 41.4 Å². The second-order valence-corrected chi connectivity index (χ2v) is 8.84. The van der Waals surface area contributed by atoms with Gasteiger partial charge in [0.25, 0.3) is 0 Å². The van der Waals surface area contributed by atoms with E-state index in [0.717, 1.165) is 0 Å². The van der Waals surface area contributed by atoms with E-state index < -0.39 is 59.9 Å². The van der Waals surface area contributed by atoms with Gasteiger partial charge in [0.15, 0.2) is 0 Å². The summed E-state index contributed by atoms with van der Waals surface area (Å²) in [6.07, 6.45) is 1.69. The number of nitrogens with one attached hydrogen (secondary N) is 3. The highest BCUT2D eigenvalue weighted by atomic mass is 32.2. The monoisotopic (exact) mass is 506 g/mol. The molecular formula is C20H38N6O7S. The van der Waals surface area contributed by atoms with E-state index >= 15 is 0 Å². The lowest BCUT2D eigenvalue weighted by Crippen LogP contribution is -2.58. The fourth-order valence-electron chi connectivity index (χ4n) is 2.84. The normalized spacial score (nSPS) is 15.3. The van der Waals surface area contributed by atoms with Gasteiger partial charge in [-0.15, -0.1) is 0 Å². The predicted molar refractivity (Wildman–Crippen MR) is 127 cm³/mol. The molecule has 0 aliphatic rings. The summed E-state index contributed by atoms with van der Waals surface area (Å²) in [5.41, 5.74) is 16.2. The zero-order chi connectivity index (χ0) is 26.3. The third-order valence-corrected chi connectivity index (χ3v) is 5.58. The maximum atomic E-state index is 12.9. The predicted octanol–water partition coefficient (Wildman–Crippen LogP) is -2.62. The number of carboxylic acids is 1. The minimum atomic E-state index is -1.32. The third kappa shape index (κ3) is 12.7. The zero-order valence-corrected chi connectivity index (χ0v) is 20.4. The van der Waals surface area contributed by atoms with E-state index in [1.807, 2.05) is 0 Å². The van der Waals surface area contributed by atoms with Crippen molar-refractivity contribution in [3.8, 4) is 0 Å². The number of carboxylic acid groups (broad SMARTS) is 1. The molecule has 14 heteroatoms. The number of amides is 4. The Morgan fingerprint density at radius 1 is 0.882 bits per heavy atom. The molecule has 0 aliphatic heterocycles. The molecule has 34 heavy (non-hydrogen) atoms. The van der Waals surface area contributed by atoms with Gasteiger partial charge >= 0.3 is 5.97 Å². The van der Waals surface area contributed by atoms with Crippen LogP contribution >= 0.6 is 11.8 Å². The van der Waals surface area contributed by atoms with Crippen molar-refractivity contribution in [1.82, 2.24) is 16.0 Å². The average Bonchev–Trinajstić information content (AvgIpc) is 2.77. The maximum Gasteiger partial charge on any atom is 0.326 e. The van der Waals surface area contributed by atoms with E-state index in [0.29, 0.717) is 25.1 Å². The van der Waals surface area contributed by atoms with Crippen LogP contribution in [0, 0.1) is 0 Å². The number of primary amides is 1. The second kappa shape index (κ2) is 17.1. The van der Waals surface area contributed by atoms with E-state index in [4.69, 9.17) is 17.2 Å². The number of rotatable bonds is 18. The minimum absolute atomic E-state index is 0.160. The fourth-order valence-corrected chi connectivity index (χ4v) is 3.31. The van der Waals surface area contributed by atoms with Gasteiger partial charge in [0, 0.05) is 6.42 Å². The Morgan fingerprint density at radius 2 is 1.41 bits per heavy atom. The molecule has 0 rings (SSSR count). The minimum Gasteiger partial charge on any atom is -0.480 e. The number of aliphatic hydroxyl groups excluding tert-OH is 1. The molecule has 4 amide bonds. The molecule has 0 saturated carbocycles. The molecule has 5 unspecified atom stereocenters. The number of unbranched alkanes of at least 4 members (excludes halogenated alkanes) is 1. The van der Waals surface area contributed by atoms with E-state index in [-0.39, 0.29) is 25.7 Å². The van der Waals surface area contributed by atoms with E-state index in [9.17, 15) is 34.2 Å². The quantitative estimate of drug-likeness (QED) is 0.0900. The summed E-state index contributed by atoms with van der Waals surface area (Å²) in [5, 5.41) is 26.2. The molecule has 0 fully saturated rings. The van der Waals surface area contributed by atoms with Crippen LogP contribution in [0.15, 0.2) is 0 Å². The van der Waals surface area contributed by atoms with Crippen LogP contribution in [0.4, 0.5) is 0 Å². The molecule has 0 aromatic carbocycles. The lowest BCUT2D eigenvalue weighted by Gasteiger charge is -2.25. The Labute approximate surface area is 203 Å². The van der Waals surface area contributed by atoms with Crippen molar-refractivity contribution in [3.05, 3.63) is 0 Å². The van der Waals surface area contributed by atoms with Gasteiger partial charge in [-0.3, -0.25) is 19.2 Å². The first-order valence-electron chi connectivity index (χ1n) is 11.0. The van der Waals surface area contributed by atoms with Crippen molar-refractivity contribution in [2.75, 3.05) is 18.6 Å². The molecular weight excluding hydrogens is 468 g/mol. The molecule has 0 heterocycles. The van der Waals surface area contributed by atoms with Gasteiger partial charge in [-0.1, -0.05) is 0 Å². The van der Waals surface area contributed by atoms with Crippen molar-refractivity contribution in [2.24, 2.45) is 17.2 Å². The number of aliphatic carboxylic acids is 1. The van der Waals surface area contributed by atoms with Gasteiger partial charge in [-0.05, 0) is 57.6 Å². The second-order valence-electron chi connectivity index (χ2n) is 7.86. The molecule has 0 spiro atoms. The molecule has 0 aromatic rings. The van der Waals surface area contributed by atoms with Gasteiger partial charge in [-0.2, -0.15) is 11.8 Å². The molecule has 11 N–H and O–H groups in total. The largest absolute Gasteiger partial charge is 0.480 e. The van der Waals surface area contributed by atoms with Gasteiger partial charge in [0.05, 0.1) is 6.10 Å². The summed E-state index contributed by atoms with van der Waals surface area (Å²) in [5.74, 6) is -3.72. The Morgan fingerprint density at radius 3 is 1.88 bits per heavy atom. The molecule has 5 atom stereocenters. The molecule has 13 nitrogen and oxygen atoms in total. The molecule has 0 aromatic heterocycles. The SMILES string of the molecule is CSCCC(NC(=O)C(CCC(N)=O)NC(=O)C(N)C(C)O)C(=O)NC(CCCCN)C(=O)O. The number of thioether (sulfide) groups is 1. The topological polar surface area (TPSA) is 240 Å². The molecule has 0 saturated heterocycles. The van der Waals surface area contributed by atoms with E-state index in [1.54, 1.807) is 6.26 Å². The van der Waals surface area contributed by atoms with Crippen LogP contribution < -0.4 is 33.2 Å². The van der Waals surface area contributed by atoms with Crippen molar-refractivity contribution < 1.29 is 34.2 Å².